The third-order valence-electron chi connectivity index (χ3n) is 7.09. The maximum Gasteiger partial charge on any atom is 0.349 e. The van der Waals surface area contributed by atoms with E-state index in [0.717, 1.165) is 44.9 Å². The highest BCUT2D eigenvalue weighted by Crippen LogP contribution is 2.46. The highest BCUT2D eigenvalue weighted by Gasteiger charge is 2.42. The molecule has 6 heteroatoms. The summed E-state index contributed by atoms with van der Waals surface area (Å²) in [5.41, 5.74) is 0.249. The molecule has 33 heavy (non-hydrogen) atoms. The average molecular weight is 471 g/mol. The molecule has 6 nitrogen and oxygen atoms in total. The Kier molecular flexibility index (Phi) is 12.4. The third-order valence-corrected chi connectivity index (χ3v) is 7.09. The van der Waals surface area contributed by atoms with Gasteiger partial charge in [-0.05, 0) is 60.7 Å². The molecule has 1 saturated carbocycles. The van der Waals surface area contributed by atoms with Gasteiger partial charge in [-0.3, -0.25) is 9.78 Å². The molecular weight excluding hydrogens is 420 g/mol. The van der Waals surface area contributed by atoms with Crippen molar-refractivity contribution in [1.82, 2.24) is 0 Å². The van der Waals surface area contributed by atoms with E-state index in [2.05, 4.69) is 70.4 Å². The van der Waals surface area contributed by atoms with E-state index in [4.69, 9.17) is 4.89 Å². The van der Waals surface area contributed by atoms with Crippen LogP contribution < -0.4 is 0 Å². The number of unbranched alkanes of at least 4 members (excludes halogenated alkanes) is 1. The molecule has 1 unspecified atom stereocenters. The largest absolute Gasteiger partial charge is 0.349 e. The van der Waals surface area contributed by atoms with Crippen molar-refractivity contribution in [2.45, 2.75) is 132 Å². The molecule has 0 heterocycles. The summed E-state index contributed by atoms with van der Waals surface area (Å²) >= 11 is 0. The summed E-state index contributed by atoms with van der Waals surface area (Å²) in [5.74, 6) is -0.824. The van der Waals surface area contributed by atoms with Crippen molar-refractivity contribution in [3.63, 3.8) is 0 Å². The zero-order chi connectivity index (χ0) is 25.1. The van der Waals surface area contributed by atoms with Crippen LogP contribution in [0.15, 0.2) is 0 Å². The Morgan fingerprint density at radius 1 is 0.758 bits per heavy atom. The van der Waals surface area contributed by atoms with Crippen molar-refractivity contribution in [3.05, 3.63) is 0 Å². The lowest BCUT2D eigenvalue weighted by Crippen LogP contribution is -2.39. The smallest absolute Gasteiger partial charge is 0.266 e. The summed E-state index contributed by atoms with van der Waals surface area (Å²) in [7, 11) is 0. The highest BCUT2D eigenvalue weighted by molar-refractivity contribution is 5.72. The van der Waals surface area contributed by atoms with Crippen molar-refractivity contribution < 1.29 is 29.4 Å². The number of carbonyl (C=O) groups is 2. The zero-order valence-corrected chi connectivity index (χ0v) is 22.6. The summed E-state index contributed by atoms with van der Waals surface area (Å²) in [6.45, 7) is 17.5. The molecular formula is C27H50O6. The van der Waals surface area contributed by atoms with Gasteiger partial charge in [0.2, 0.25) is 0 Å². The van der Waals surface area contributed by atoms with Crippen LogP contribution in [0.4, 0.5) is 0 Å². The van der Waals surface area contributed by atoms with E-state index >= 15 is 0 Å². The molecule has 0 radical (unpaired) electrons. The first-order chi connectivity index (χ1) is 15.2. The minimum absolute atomic E-state index is 0.206. The number of carbonyl (C=O) groups excluding carboxylic acids is 2. The fourth-order valence-electron chi connectivity index (χ4n) is 4.88. The number of rotatable bonds is 13. The van der Waals surface area contributed by atoms with Crippen LogP contribution in [0.25, 0.3) is 0 Å². The van der Waals surface area contributed by atoms with Gasteiger partial charge in [0, 0.05) is 16.5 Å². The lowest BCUT2D eigenvalue weighted by molar-refractivity contribution is -0.601. The molecule has 0 N–H and O–H groups in total. The Hall–Kier alpha value is -1.14. The van der Waals surface area contributed by atoms with Gasteiger partial charge in [0.25, 0.3) is 0 Å². The van der Waals surface area contributed by atoms with E-state index < -0.39 is 11.9 Å². The van der Waals surface area contributed by atoms with E-state index in [1.54, 1.807) is 0 Å². The van der Waals surface area contributed by atoms with Gasteiger partial charge in [-0.15, -0.1) is 0 Å². The van der Waals surface area contributed by atoms with Crippen LogP contribution in [0.3, 0.4) is 0 Å². The molecule has 0 aromatic carbocycles. The first kappa shape index (κ1) is 29.9. The molecule has 0 amide bonds. The molecule has 0 saturated heterocycles. The van der Waals surface area contributed by atoms with Gasteiger partial charge in [0.1, 0.15) is 0 Å². The first-order valence-electron chi connectivity index (χ1n) is 13.0. The second kappa shape index (κ2) is 13.7. The first-order valence-corrected chi connectivity index (χ1v) is 13.0. The SMILES string of the molecule is CC(C)(C)CCCCC(=O)OOOOC(=O)C(CCCC(C)(C)C)C(C)(C)C1CCCCC1. The zero-order valence-electron chi connectivity index (χ0n) is 22.6. The lowest BCUT2D eigenvalue weighted by Gasteiger charge is -2.41. The van der Waals surface area contributed by atoms with Crippen LogP contribution in [0.5, 0.6) is 0 Å². The number of hydrogen-bond acceptors (Lipinski definition) is 6. The molecule has 0 spiro atoms. The summed E-state index contributed by atoms with van der Waals surface area (Å²) in [6.07, 6.45) is 11.6. The van der Waals surface area contributed by atoms with Crippen LogP contribution in [-0.4, -0.2) is 11.9 Å². The highest BCUT2D eigenvalue weighted by atomic mass is 17.7. The molecule has 1 rings (SSSR count). The van der Waals surface area contributed by atoms with Gasteiger partial charge < -0.3 is 0 Å². The fourth-order valence-corrected chi connectivity index (χ4v) is 4.88. The molecule has 0 bridgehead atoms. The minimum atomic E-state index is -0.538. The monoisotopic (exact) mass is 470 g/mol. The topological polar surface area (TPSA) is 71.1 Å². The predicted octanol–water partition coefficient (Wildman–Crippen LogP) is 7.90. The molecule has 0 aromatic rings. The normalized spacial score (nSPS) is 17.0. The van der Waals surface area contributed by atoms with Crippen molar-refractivity contribution in [1.29, 1.82) is 0 Å². The summed E-state index contributed by atoms with van der Waals surface area (Å²) < 4.78 is 0. The molecule has 1 aliphatic rings. The fraction of sp³-hybridized carbons (Fsp3) is 0.926. The second-order valence-corrected chi connectivity index (χ2v) is 12.9. The van der Waals surface area contributed by atoms with Crippen LogP contribution in [0.2, 0.25) is 0 Å². The predicted molar refractivity (Wildman–Crippen MR) is 129 cm³/mol. The summed E-state index contributed by atoms with van der Waals surface area (Å²) in [5, 5.41) is 8.98. The lowest BCUT2D eigenvalue weighted by atomic mass is 9.63. The average Bonchev–Trinajstić information content (AvgIpc) is 2.70. The summed E-state index contributed by atoms with van der Waals surface area (Å²) in [6, 6.07) is 0. The van der Waals surface area contributed by atoms with Gasteiger partial charge in [-0.1, -0.05) is 87.5 Å². The Labute approximate surface area is 202 Å². The molecule has 1 aliphatic carbocycles. The van der Waals surface area contributed by atoms with E-state index in [9.17, 15) is 9.59 Å². The molecule has 0 aromatic heterocycles. The van der Waals surface area contributed by atoms with Crippen molar-refractivity contribution in [2.75, 3.05) is 0 Å². The van der Waals surface area contributed by atoms with Gasteiger partial charge in [0.15, 0.2) is 0 Å². The maximum atomic E-state index is 13.0. The van der Waals surface area contributed by atoms with Gasteiger partial charge in [-0.25, -0.2) is 9.59 Å². The number of hydrogen-bond donors (Lipinski definition) is 0. The van der Waals surface area contributed by atoms with Gasteiger partial charge in [0.05, 0.1) is 5.92 Å². The Morgan fingerprint density at radius 2 is 1.30 bits per heavy atom. The van der Waals surface area contributed by atoms with Crippen molar-refractivity contribution in [2.24, 2.45) is 28.1 Å². The van der Waals surface area contributed by atoms with Gasteiger partial charge >= 0.3 is 11.9 Å². The second-order valence-electron chi connectivity index (χ2n) is 12.9. The Morgan fingerprint density at radius 3 is 1.88 bits per heavy atom. The minimum Gasteiger partial charge on any atom is -0.266 e. The Balaban J connectivity index is 2.51. The molecule has 0 aliphatic heterocycles. The quantitative estimate of drug-likeness (QED) is 0.155. The summed E-state index contributed by atoms with van der Waals surface area (Å²) in [4.78, 5) is 34.3. The van der Waals surface area contributed by atoms with E-state index in [-0.39, 0.29) is 28.6 Å². The van der Waals surface area contributed by atoms with E-state index in [1.807, 2.05) is 0 Å². The van der Waals surface area contributed by atoms with Crippen LogP contribution in [-0.2, 0) is 29.4 Å². The maximum absolute atomic E-state index is 13.0. The standard InChI is InChI=1S/C27H50O6/c1-25(2,3)19-13-12-18-23(28)30-32-33-31-24(29)22(17-14-20-26(4,5)6)27(7,8)21-15-10-9-11-16-21/h21-22H,9-20H2,1-8H3. The van der Waals surface area contributed by atoms with E-state index in [0.29, 0.717) is 12.3 Å². The van der Waals surface area contributed by atoms with Crippen LogP contribution >= 0.6 is 0 Å². The molecule has 1 atom stereocenters. The van der Waals surface area contributed by atoms with Crippen LogP contribution in [0.1, 0.15) is 132 Å². The van der Waals surface area contributed by atoms with Crippen molar-refractivity contribution in [3.8, 4) is 0 Å². The van der Waals surface area contributed by atoms with E-state index in [1.165, 1.54) is 19.3 Å². The van der Waals surface area contributed by atoms with Gasteiger partial charge in [-0.2, -0.15) is 0 Å². The molecule has 194 valence electrons. The molecule has 1 fully saturated rings. The third kappa shape index (κ3) is 12.8. The Bertz CT molecular complexity index is 578. The van der Waals surface area contributed by atoms with Crippen molar-refractivity contribution >= 4 is 11.9 Å². The van der Waals surface area contributed by atoms with Crippen LogP contribution in [0, 0.1) is 28.1 Å².